The van der Waals surface area contributed by atoms with Crippen LogP contribution in [0.3, 0.4) is 0 Å². The van der Waals surface area contributed by atoms with Crippen LogP contribution in [-0.2, 0) is 4.79 Å². The van der Waals surface area contributed by atoms with E-state index in [0.717, 1.165) is 27.3 Å². The van der Waals surface area contributed by atoms with Crippen molar-refractivity contribution >= 4 is 62.4 Å². The highest BCUT2D eigenvalue weighted by molar-refractivity contribution is 7.99. The molecule has 4 aromatic rings. The molecule has 0 aliphatic carbocycles. The number of benzene rings is 1. The van der Waals surface area contributed by atoms with Gasteiger partial charge in [0.2, 0.25) is 5.91 Å². The third-order valence-electron chi connectivity index (χ3n) is 4.94. The standard InChI is InChI=1S/C21H21ClN6O2S2/c1-10(2)17-23-20-16(11(3)12(4)32-20)18-25-27-21(28(17)18)31-9-15(29)24-26-19(30)13-5-7-14(22)8-6-13/h5-8,10H,9H2,1-4H3,(H,24,29)(H,26,30). The van der Waals surface area contributed by atoms with Gasteiger partial charge in [-0.15, -0.1) is 21.5 Å². The molecule has 3 heterocycles. The summed E-state index contributed by atoms with van der Waals surface area (Å²) in [5.74, 6) is 0.255. The smallest absolute Gasteiger partial charge is 0.269 e. The number of aromatic nitrogens is 4. The van der Waals surface area contributed by atoms with Crippen LogP contribution in [0.4, 0.5) is 0 Å². The zero-order valence-electron chi connectivity index (χ0n) is 17.9. The summed E-state index contributed by atoms with van der Waals surface area (Å²) in [4.78, 5) is 31.5. The van der Waals surface area contributed by atoms with E-state index in [1.165, 1.54) is 16.6 Å². The third kappa shape index (κ3) is 4.30. The molecule has 4 rings (SSSR count). The highest BCUT2D eigenvalue weighted by Gasteiger charge is 2.21. The third-order valence-corrected chi connectivity index (χ3v) is 7.22. The van der Waals surface area contributed by atoms with Gasteiger partial charge in [-0.05, 0) is 43.7 Å². The van der Waals surface area contributed by atoms with Crippen molar-refractivity contribution in [2.75, 3.05) is 5.75 Å². The van der Waals surface area contributed by atoms with E-state index >= 15 is 0 Å². The minimum absolute atomic E-state index is 0.0545. The molecule has 8 nitrogen and oxygen atoms in total. The lowest BCUT2D eigenvalue weighted by atomic mass is 10.2. The molecule has 0 fully saturated rings. The maximum atomic E-state index is 12.3. The summed E-state index contributed by atoms with van der Waals surface area (Å²) in [6.07, 6.45) is 0. The molecule has 0 bridgehead atoms. The number of rotatable bonds is 5. The van der Waals surface area contributed by atoms with Gasteiger partial charge in [-0.2, -0.15) is 0 Å². The van der Waals surface area contributed by atoms with Crippen molar-refractivity contribution in [3.8, 4) is 0 Å². The number of hydrogen-bond donors (Lipinski definition) is 2. The van der Waals surface area contributed by atoms with E-state index in [2.05, 4.69) is 48.7 Å². The zero-order chi connectivity index (χ0) is 23.0. The monoisotopic (exact) mass is 488 g/mol. The van der Waals surface area contributed by atoms with Crippen LogP contribution < -0.4 is 10.9 Å². The van der Waals surface area contributed by atoms with Crippen LogP contribution in [0.15, 0.2) is 29.4 Å². The average Bonchev–Trinajstić information content (AvgIpc) is 3.30. The van der Waals surface area contributed by atoms with E-state index < -0.39 is 5.91 Å². The normalized spacial score (nSPS) is 11.4. The van der Waals surface area contributed by atoms with Crippen molar-refractivity contribution in [3.63, 3.8) is 0 Å². The number of hydrazine groups is 1. The van der Waals surface area contributed by atoms with Crippen molar-refractivity contribution < 1.29 is 9.59 Å². The molecule has 11 heteroatoms. The van der Waals surface area contributed by atoms with E-state index in [1.54, 1.807) is 35.6 Å². The number of carbonyl (C=O) groups is 2. The van der Waals surface area contributed by atoms with Gasteiger partial charge in [0.1, 0.15) is 10.7 Å². The quantitative estimate of drug-likeness (QED) is 0.321. The first-order valence-corrected chi connectivity index (χ1v) is 12.1. The minimum Gasteiger partial charge on any atom is -0.272 e. The zero-order valence-corrected chi connectivity index (χ0v) is 20.3. The van der Waals surface area contributed by atoms with Crippen LogP contribution >= 0.6 is 34.7 Å². The molecule has 1 aromatic carbocycles. The summed E-state index contributed by atoms with van der Waals surface area (Å²) in [5, 5.41) is 10.8. The van der Waals surface area contributed by atoms with Crippen LogP contribution in [0, 0.1) is 13.8 Å². The van der Waals surface area contributed by atoms with E-state index in [-0.39, 0.29) is 17.6 Å². The lowest BCUT2D eigenvalue weighted by Crippen LogP contribution is -2.42. The second kappa shape index (κ2) is 9.05. The summed E-state index contributed by atoms with van der Waals surface area (Å²) in [5.41, 5.74) is 7.11. The van der Waals surface area contributed by atoms with Crippen LogP contribution in [-0.4, -0.2) is 37.1 Å². The first-order chi connectivity index (χ1) is 15.3. The topological polar surface area (TPSA) is 101 Å². The van der Waals surface area contributed by atoms with Crippen molar-refractivity contribution in [1.82, 2.24) is 30.4 Å². The molecule has 0 radical (unpaired) electrons. The van der Waals surface area contributed by atoms with Crippen molar-refractivity contribution in [2.45, 2.75) is 38.8 Å². The fourth-order valence-corrected chi connectivity index (χ4v) is 5.09. The summed E-state index contributed by atoms with van der Waals surface area (Å²) in [7, 11) is 0. The van der Waals surface area contributed by atoms with Gasteiger partial charge in [0.05, 0.1) is 11.1 Å². The van der Waals surface area contributed by atoms with Crippen LogP contribution in [0.25, 0.3) is 15.9 Å². The summed E-state index contributed by atoms with van der Waals surface area (Å²) in [6.45, 7) is 8.26. The fraction of sp³-hybridized carbons (Fsp3) is 0.286. The first-order valence-electron chi connectivity index (χ1n) is 9.88. The molecule has 2 amide bonds. The summed E-state index contributed by atoms with van der Waals surface area (Å²) < 4.78 is 1.93. The summed E-state index contributed by atoms with van der Waals surface area (Å²) in [6, 6.07) is 6.38. The lowest BCUT2D eigenvalue weighted by Gasteiger charge is -2.11. The Morgan fingerprint density at radius 3 is 2.56 bits per heavy atom. The second-order valence-electron chi connectivity index (χ2n) is 7.53. The predicted molar refractivity (Wildman–Crippen MR) is 128 cm³/mol. The Kier molecular flexibility index (Phi) is 6.36. The van der Waals surface area contributed by atoms with Gasteiger partial charge in [-0.25, -0.2) is 4.98 Å². The second-order valence-corrected chi connectivity index (χ2v) is 10.1. The molecule has 0 unspecified atom stereocenters. The molecule has 0 saturated heterocycles. The SMILES string of the molecule is Cc1sc2nc(C(C)C)n3c(SCC(=O)NNC(=O)c4ccc(Cl)cc4)nnc3c2c1C. The number of nitrogens with zero attached hydrogens (tertiary/aromatic N) is 4. The Morgan fingerprint density at radius 2 is 1.88 bits per heavy atom. The van der Waals surface area contributed by atoms with Crippen LogP contribution in [0.5, 0.6) is 0 Å². The van der Waals surface area contributed by atoms with Gasteiger partial charge < -0.3 is 0 Å². The number of fused-ring (bicyclic) bond motifs is 3. The van der Waals surface area contributed by atoms with Crippen molar-refractivity contribution in [3.05, 3.63) is 51.1 Å². The maximum Gasteiger partial charge on any atom is 0.269 e. The number of halogens is 1. The molecule has 32 heavy (non-hydrogen) atoms. The van der Waals surface area contributed by atoms with Crippen LogP contribution in [0.1, 0.15) is 46.4 Å². The van der Waals surface area contributed by atoms with Crippen LogP contribution in [0.2, 0.25) is 5.02 Å². The van der Waals surface area contributed by atoms with Gasteiger partial charge in [0, 0.05) is 21.4 Å². The molecule has 0 spiro atoms. The largest absolute Gasteiger partial charge is 0.272 e. The van der Waals surface area contributed by atoms with Gasteiger partial charge >= 0.3 is 0 Å². The Morgan fingerprint density at radius 1 is 1.16 bits per heavy atom. The Balaban J connectivity index is 1.50. The fourth-order valence-electron chi connectivity index (χ4n) is 3.19. The first kappa shape index (κ1) is 22.5. The Labute approximate surface area is 197 Å². The predicted octanol–water partition coefficient (Wildman–Crippen LogP) is 4.29. The average molecular weight is 489 g/mol. The van der Waals surface area contributed by atoms with Crippen molar-refractivity contribution in [2.24, 2.45) is 0 Å². The Hall–Kier alpha value is -2.69. The number of thioether (sulfide) groups is 1. The molecule has 166 valence electrons. The highest BCUT2D eigenvalue weighted by Crippen LogP contribution is 2.34. The number of aryl methyl sites for hydroxylation is 2. The van der Waals surface area contributed by atoms with E-state index in [0.29, 0.717) is 15.7 Å². The number of carbonyl (C=O) groups excluding carboxylic acids is 2. The highest BCUT2D eigenvalue weighted by atomic mass is 35.5. The van der Waals surface area contributed by atoms with E-state index in [1.807, 2.05) is 4.40 Å². The molecule has 3 aromatic heterocycles. The number of thiophene rings is 1. The molecule has 0 aliphatic heterocycles. The molecule has 0 aliphatic rings. The van der Waals surface area contributed by atoms with E-state index in [9.17, 15) is 9.59 Å². The number of nitrogens with one attached hydrogen (secondary N) is 2. The maximum absolute atomic E-state index is 12.3. The molecular weight excluding hydrogens is 468 g/mol. The van der Waals surface area contributed by atoms with Gasteiger partial charge in [0.25, 0.3) is 5.91 Å². The minimum atomic E-state index is -0.426. The van der Waals surface area contributed by atoms with Gasteiger partial charge in [-0.1, -0.05) is 37.2 Å². The molecule has 2 N–H and O–H groups in total. The van der Waals surface area contributed by atoms with E-state index in [4.69, 9.17) is 16.6 Å². The number of hydrogen-bond acceptors (Lipinski definition) is 7. The van der Waals surface area contributed by atoms with Gasteiger partial charge in [-0.3, -0.25) is 24.8 Å². The molecular formula is C21H21ClN6O2S2. The lowest BCUT2D eigenvalue weighted by molar-refractivity contribution is -0.119. The summed E-state index contributed by atoms with van der Waals surface area (Å²) >= 11 is 8.72. The molecule has 0 saturated carbocycles. The number of amides is 2. The Bertz CT molecular complexity index is 1330. The van der Waals surface area contributed by atoms with Gasteiger partial charge in [0.15, 0.2) is 10.8 Å². The molecule has 0 atom stereocenters. The van der Waals surface area contributed by atoms with Crippen molar-refractivity contribution in [1.29, 1.82) is 0 Å².